The molecule has 1 aliphatic rings. The molecule has 1 N–H and O–H groups in total. The molecule has 1 fully saturated rings. The minimum absolute atomic E-state index is 0.514. The van der Waals surface area contributed by atoms with E-state index in [0.29, 0.717) is 17.5 Å². The number of anilines is 1. The van der Waals surface area contributed by atoms with Crippen LogP contribution in [0.4, 0.5) is 5.13 Å². The lowest BCUT2D eigenvalue weighted by Crippen LogP contribution is -2.37. The first-order chi connectivity index (χ1) is 7.63. The number of carboxylic acids is 1. The summed E-state index contributed by atoms with van der Waals surface area (Å²) in [7, 11) is 1.76. The molecule has 1 aromatic rings. The molecule has 0 saturated heterocycles. The second-order valence-corrected chi connectivity index (χ2v) is 4.81. The number of hydrogen-bond donors (Lipinski definition) is 1. The lowest BCUT2D eigenvalue weighted by atomic mass is 10.2. The minimum atomic E-state index is -0.812. The first-order valence-electron chi connectivity index (χ1n) is 5.42. The normalized spacial score (nSPS) is 17.1. The predicted octanol–water partition coefficient (Wildman–Crippen LogP) is 1.71. The highest BCUT2D eigenvalue weighted by Gasteiger charge is 2.30. The van der Waals surface area contributed by atoms with Crippen LogP contribution in [0.3, 0.4) is 0 Å². The summed E-state index contributed by atoms with van der Waals surface area (Å²) < 4.78 is 4.27. The van der Waals surface area contributed by atoms with Gasteiger partial charge in [-0.15, -0.1) is 0 Å². The molecular weight excluding hydrogens is 226 g/mol. The topological polar surface area (TPSA) is 66.3 Å². The van der Waals surface area contributed by atoms with Gasteiger partial charge in [0.1, 0.15) is 11.9 Å². The molecule has 1 heterocycles. The largest absolute Gasteiger partial charge is 0.480 e. The number of aromatic nitrogens is 2. The second-order valence-electron chi connectivity index (χ2n) is 4.08. The molecule has 5 nitrogen and oxygen atoms in total. The summed E-state index contributed by atoms with van der Waals surface area (Å²) >= 11 is 1.29. The Labute approximate surface area is 98.3 Å². The van der Waals surface area contributed by atoms with Crippen molar-refractivity contribution in [2.75, 3.05) is 11.9 Å². The molecule has 1 atom stereocenters. The van der Waals surface area contributed by atoms with Crippen molar-refractivity contribution in [1.82, 2.24) is 9.36 Å². The van der Waals surface area contributed by atoms with Crippen molar-refractivity contribution >= 4 is 22.6 Å². The summed E-state index contributed by atoms with van der Waals surface area (Å²) in [5, 5.41) is 9.75. The van der Waals surface area contributed by atoms with E-state index in [1.54, 1.807) is 11.9 Å². The van der Waals surface area contributed by atoms with Gasteiger partial charge in [-0.2, -0.15) is 4.37 Å². The molecule has 2 rings (SSSR count). The smallest absolute Gasteiger partial charge is 0.326 e. The maximum absolute atomic E-state index is 11.0. The zero-order chi connectivity index (χ0) is 11.7. The van der Waals surface area contributed by atoms with E-state index in [9.17, 15) is 4.79 Å². The molecule has 0 aliphatic heterocycles. The molecule has 1 unspecified atom stereocenters. The van der Waals surface area contributed by atoms with E-state index >= 15 is 0 Å². The summed E-state index contributed by atoms with van der Waals surface area (Å²) in [6.45, 7) is 1.86. The van der Waals surface area contributed by atoms with E-state index in [1.165, 1.54) is 11.5 Å². The highest BCUT2D eigenvalue weighted by atomic mass is 32.1. The van der Waals surface area contributed by atoms with Crippen molar-refractivity contribution in [2.24, 2.45) is 0 Å². The summed E-state index contributed by atoms with van der Waals surface area (Å²) in [5.41, 5.74) is 0. The van der Waals surface area contributed by atoms with Crippen molar-refractivity contribution in [3.8, 4) is 0 Å². The van der Waals surface area contributed by atoms with Crippen molar-refractivity contribution < 1.29 is 9.90 Å². The number of carboxylic acid groups (broad SMARTS) is 1. The number of rotatable bonds is 5. The third-order valence-electron chi connectivity index (χ3n) is 2.81. The van der Waals surface area contributed by atoms with Gasteiger partial charge in [-0.25, -0.2) is 9.78 Å². The Kier molecular flexibility index (Phi) is 3.09. The third-order valence-corrected chi connectivity index (χ3v) is 3.64. The number of aliphatic carboxylic acids is 1. The van der Waals surface area contributed by atoms with E-state index < -0.39 is 12.0 Å². The average molecular weight is 241 g/mol. The molecule has 0 radical (unpaired) electrons. The summed E-state index contributed by atoms with van der Waals surface area (Å²) in [4.78, 5) is 17.1. The van der Waals surface area contributed by atoms with Gasteiger partial charge in [-0.05, 0) is 19.3 Å². The fraction of sp³-hybridized carbons (Fsp3) is 0.700. The monoisotopic (exact) mass is 241 g/mol. The van der Waals surface area contributed by atoms with Crippen molar-refractivity contribution in [2.45, 2.75) is 38.1 Å². The summed E-state index contributed by atoms with van der Waals surface area (Å²) in [6, 6.07) is -0.514. The highest BCUT2D eigenvalue weighted by molar-refractivity contribution is 7.09. The standard InChI is InChI=1S/C10H15N3O2S/c1-3-7(9(14)15)13(2)10-11-8(12-16-10)6-4-5-6/h6-7H,3-5H2,1-2H3,(H,14,15). The second kappa shape index (κ2) is 4.37. The Morgan fingerprint density at radius 3 is 2.88 bits per heavy atom. The van der Waals surface area contributed by atoms with Gasteiger partial charge in [-0.3, -0.25) is 0 Å². The summed E-state index contributed by atoms with van der Waals surface area (Å²) in [5.74, 6) is 0.587. The van der Waals surface area contributed by atoms with Crippen LogP contribution in [0.5, 0.6) is 0 Å². The molecule has 1 aromatic heterocycles. The van der Waals surface area contributed by atoms with Crippen LogP contribution in [-0.2, 0) is 4.79 Å². The molecule has 1 aliphatic carbocycles. The van der Waals surface area contributed by atoms with Crippen molar-refractivity contribution in [3.63, 3.8) is 0 Å². The van der Waals surface area contributed by atoms with Crippen LogP contribution in [0.2, 0.25) is 0 Å². The van der Waals surface area contributed by atoms with Gasteiger partial charge in [0.05, 0.1) is 0 Å². The van der Waals surface area contributed by atoms with Crippen LogP contribution in [0, 0.1) is 0 Å². The average Bonchev–Trinajstić information content (AvgIpc) is 2.97. The quantitative estimate of drug-likeness (QED) is 0.850. The molecule has 1 saturated carbocycles. The van der Waals surface area contributed by atoms with E-state index in [0.717, 1.165) is 18.7 Å². The number of carbonyl (C=O) groups is 1. The molecular formula is C10H15N3O2S. The lowest BCUT2D eigenvalue weighted by Gasteiger charge is -2.22. The molecule has 0 amide bonds. The van der Waals surface area contributed by atoms with Gasteiger partial charge in [-0.1, -0.05) is 6.92 Å². The van der Waals surface area contributed by atoms with Gasteiger partial charge < -0.3 is 10.0 Å². The molecule has 6 heteroatoms. The van der Waals surface area contributed by atoms with Gasteiger partial charge >= 0.3 is 5.97 Å². The SMILES string of the molecule is CCC(C(=O)O)N(C)c1nc(C2CC2)ns1. The van der Waals surface area contributed by atoms with E-state index in [-0.39, 0.29) is 0 Å². The van der Waals surface area contributed by atoms with Crippen LogP contribution in [-0.4, -0.2) is 33.5 Å². The fourth-order valence-electron chi connectivity index (χ4n) is 1.62. The minimum Gasteiger partial charge on any atom is -0.480 e. The summed E-state index contributed by atoms with van der Waals surface area (Å²) in [6.07, 6.45) is 2.89. The maximum Gasteiger partial charge on any atom is 0.326 e. The number of likely N-dealkylation sites (N-methyl/N-ethyl adjacent to an activating group) is 1. The zero-order valence-corrected chi connectivity index (χ0v) is 10.2. The zero-order valence-electron chi connectivity index (χ0n) is 9.38. The van der Waals surface area contributed by atoms with Crippen LogP contribution < -0.4 is 4.90 Å². The Morgan fingerprint density at radius 2 is 2.38 bits per heavy atom. The first kappa shape index (κ1) is 11.3. The van der Waals surface area contributed by atoms with Crippen LogP contribution in [0.15, 0.2) is 0 Å². The number of nitrogens with zero attached hydrogens (tertiary/aromatic N) is 3. The maximum atomic E-state index is 11.0. The lowest BCUT2D eigenvalue weighted by molar-refractivity contribution is -0.138. The van der Waals surface area contributed by atoms with Crippen LogP contribution in [0.1, 0.15) is 37.9 Å². The van der Waals surface area contributed by atoms with Gasteiger partial charge in [0.15, 0.2) is 0 Å². The molecule has 88 valence electrons. The van der Waals surface area contributed by atoms with E-state index in [1.807, 2.05) is 6.92 Å². The Bertz CT molecular complexity index is 389. The molecule has 0 spiro atoms. The number of hydrogen-bond acceptors (Lipinski definition) is 5. The third kappa shape index (κ3) is 2.16. The first-order valence-corrected chi connectivity index (χ1v) is 6.20. The highest BCUT2D eigenvalue weighted by Crippen LogP contribution is 2.39. The fourth-order valence-corrected chi connectivity index (χ4v) is 2.38. The van der Waals surface area contributed by atoms with Crippen LogP contribution in [0.25, 0.3) is 0 Å². The Hall–Kier alpha value is -1.17. The van der Waals surface area contributed by atoms with Gasteiger partial charge in [0, 0.05) is 24.5 Å². The van der Waals surface area contributed by atoms with Crippen molar-refractivity contribution in [1.29, 1.82) is 0 Å². The predicted molar refractivity (Wildman–Crippen MR) is 62.0 cm³/mol. The molecule has 0 aromatic carbocycles. The Balaban J connectivity index is 2.11. The van der Waals surface area contributed by atoms with E-state index in [2.05, 4.69) is 9.36 Å². The van der Waals surface area contributed by atoms with Gasteiger partial charge in [0.2, 0.25) is 5.13 Å². The molecule has 0 bridgehead atoms. The molecule has 16 heavy (non-hydrogen) atoms. The van der Waals surface area contributed by atoms with Crippen LogP contribution >= 0.6 is 11.5 Å². The van der Waals surface area contributed by atoms with Gasteiger partial charge in [0.25, 0.3) is 0 Å². The Morgan fingerprint density at radius 1 is 1.69 bits per heavy atom. The van der Waals surface area contributed by atoms with Crippen molar-refractivity contribution in [3.05, 3.63) is 5.82 Å². The van der Waals surface area contributed by atoms with E-state index in [4.69, 9.17) is 5.11 Å².